The predicted octanol–water partition coefficient (Wildman–Crippen LogP) is 2.03. The molecule has 0 saturated carbocycles. The van der Waals surface area contributed by atoms with Crippen LogP contribution in [0.4, 0.5) is 0 Å². The van der Waals surface area contributed by atoms with Gasteiger partial charge in [0.1, 0.15) is 0 Å². The van der Waals surface area contributed by atoms with Crippen molar-refractivity contribution in [3.8, 4) is 0 Å². The first kappa shape index (κ1) is 22.3. The first-order valence-corrected chi connectivity index (χ1v) is 1.80. The molecule has 0 aromatic rings. The molecule has 0 aromatic heterocycles. The van der Waals surface area contributed by atoms with Crippen LogP contribution in [0.3, 0.4) is 0 Å². The minimum absolute atomic E-state index is 0. The van der Waals surface area contributed by atoms with Crippen LogP contribution in [0.5, 0.6) is 0 Å². The van der Waals surface area contributed by atoms with E-state index in [9.17, 15) is 0 Å². The van der Waals surface area contributed by atoms with Gasteiger partial charge in [0.15, 0.2) is 0 Å². The molecule has 0 bridgehead atoms. The van der Waals surface area contributed by atoms with E-state index in [0.29, 0.717) is 0 Å². The Hall–Kier alpha value is 0.700. The third-order valence-electron chi connectivity index (χ3n) is 0. The van der Waals surface area contributed by atoms with Crippen molar-refractivity contribution in [1.29, 1.82) is 0 Å². The summed E-state index contributed by atoms with van der Waals surface area (Å²) < 4.78 is 0. The molecule has 0 radical (unpaired) electrons. The fourth-order valence-corrected chi connectivity index (χ4v) is 0. The maximum Gasteiger partial charge on any atom is -0.0776 e. The maximum absolute atomic E-state index is 3.22. The van der Waals surface area contributed by atoms with Crippen LogP contribution in [0.15, 0.2) is 0 Å². The Kier molecular flexibility index (Phi) is 306. The molecule has 0 saturated heterocycles. The lowest BCUT2D eigenvalue weighted by atomic mass is 12.0. The summed E-state index contributed by atoms with van der Waals surface area (Å²) in [6.07, 6.45) is 0. The molecule has 30 valence electrons. The van der Waals surface area contributed by atoms with Crippen LogP contribution in [0.25, 0.3) is 0 Å². The van der Waals surface area contributed by atoms with Crippen LogP contribution >= 0.6 is 23.3 Å². The Bertz CT molecular complexity index is 4.00. The molecule has 4 heavy (non-hydrogen) atoms. The lowest BCUT2D eigenvalue weighted by molar-refractivity contribution is 2.50. The largest absolute Gasteiger partial charge is 0.115 e. The second-order valence-corrected chi connectivity index (χ2v) is 0. The fraction of sp³-hybridized carbons (Fsp3) is 1.00. The highest BCUT2D eigenvalue weighted by Crippen LogP contribution is 1.65. The molecule has 0 rings (SSSR count). The molecule has 0 aliphatic rings. The zero-order valence-electron chi connectivity index (χ0n) is 0.894. The standard InChI is InChI=1S/2CH4.H2S2/c;;1-2/h2*1H4;1-2H. The van der Waals surface area contributed by atoms with Crippen molar-refractivity contribution in [2.45, 2.75) is 14.9 Å². The van der Waals surface area contributed by atoms with Crippen LogP contribution in [0.1, 0.15) is 14.9 Å². The highest BCUT2D eigenvalue weighted by molar-refractivity contribution is 8.59. The van der Waals surface area contributed by atoms with Crippen LogP contribution in [0, 0.1) is 0 Å². The van der Waals surface area contributed by atoms with Crippen molar-refractivity contribution in [2.24, 2.45) is 0 Å². The first-order valence-electron chi connectivity index (χ1n) is 0.200. The molecular weight excluding hydrogens is 88.2 g/mol. The van der Waals surface area contributed by atoms with E-state index in [-0.39, 0.29) is 14.9 Å². The van der Waals surface area contributed by atoms with Crippen LogP contribution < -0.4 is 0 Å². The minimum Gasteiger partial charge on any atom is -0.115 e. The quantitative estimate of drug-likeness (QED) is 0.336. The molecule has 0 unspecified atom stereocenters. The number of hydrogen-bond donors (Lipinski definition) is 2. The average Bonchev–Trinajstić information content (AvgIpc) is 1.00. The van der Waals surface area contributed by atoms with Gasteiger partial charge in [0.05, 0.1) is 0 Å². The van der Waals surface area contributed by atoms with Crippen molar-refractivity contribution < 1.29 is 0 Å². The van der Waals surface area contributed by atoms with Crippen LogP contribution in [-0.2, 0) is 0 Å². The summed E-state index contributed by atoms with van der Waals surface area (Å²) >= 11 is 6.44. The first-order chi connectivity index (χ1) is 1.00. The van der Waals surface area contributed by atoms with E-state index in [1.807, 2.05) is 0 Å². The number of rotatable bonds is 0. The van der Waals surface area contributed by atoms with Crippen molar-refractivity contribution in [3.05, 3.63) is 0 Å². The SMILES string of the molecule is C.C.SS. The molecule has 0 nitrogen and oxygen atoms in total. The molecule has 0 aliphatic heterocycles. The summed E-state index contributed by atoms with van der Waals surface area (Å²) in [7, 11) is 0. The molecule has 0 N–H and O–H groups in total. The van der Waals surface area contributed by atoms with Crippen molar-refractivity contribution in [2.75, 3.05) is 0 Å². The number of hydrogen-bond acceptors (Lipinski definition) is 2. The zero-order valence-corrected chi connectivity index (χ0v) is 2.68. The summed E-state index contributed by atoms with van der Waals surface area (Å²) in [6.45, 7) is 0. The topological polar surface area (TPSA) is 0 Å². The second kappa shape index (κ2) is 55.0. The average molecular weight is 98.2 g/mol. The Morgan fingerprint density at radius 1 is 0.750 bits per heavy atom. The summed E-state index contributed by atoms with van der Waals surface area (Å²) in [4.78, 5) is 0. The lowest BCUT2D eigenvalue weighted by Gasteiger charge is -1.11. The van der Waals surface area contributed by atoms with Gasteiger partial charge >= 0.3 is 0 Å². The van der Waals surface area contributed by atoms with E-state index in [0.717, 1.165) is 0 Å². The number of thiol groups is 2. The van der Waals surface area contributed by atoms with E-state index in [1.54, 1.807) is 0 Å². The summed E-state index contributed by atoms with van der Waals surface area (Å²) in [5.41, 5.74) is 0. The molecule has 2 heteroatoms. The van der Waals surface area contributed by atoms with E-state index in [2.05, 4.69) is 23.3 Å². The van der Waals surface area contributed by atoms with Crippen LogP contribution in [-0.4, -0.2) is 0 Å². The molecule has 0 aromatic carbocycles. The highest BCUT2D eigenvalue weighted by atomic mass is 33.1. The molecule has 0 fully saturated rings. The lowest BCUT2D eigenvalue weighted by Crippen LogP contribution is -0.352. The Labute approximate surface area is 38.8 Å². The Morgan fingerprint density at radius 2 is 0.750 bits per heavy atom. The van der Waals surface area contributed by atoms with Crippen molar-refractivity contribution in [1.82, 2.24) is 0 Å². The van der Waals surface area contributed by atoms with Gasteiger partial charge in [-0.1, -0.05) is 14.9 Å². The molecule has 0 heterocycles. The van der Waals surface area contributed by atoms with Crippen molar-refractivity contribution in [3.63, 3.8) is 0 Å². The van der Waals surface area contributed by atoms with Gasteiger partial charge in [-0.25, -0.2) is 0 Å². The third kappa shape index (κ3) is 15.9. The van der Waals surface area contributed by atoms with Gasteiger partial charge in [-0.15, -0.1) is 23.3 Å². The third-order valence-corrected chi connectivity index (χ3v) is 0. The van der Waals surface area contributed by atoms with E-state index in [1.165, 1.54) is 0 Å². The normalized spacial score (nSPS) is 1.50. The maximum atomic E-state index is 3.22. The van der Waals surface area contributed by atoms with Gasteiger partial charge in [0.2, 0.25) is 0 Å². The van der Waals surface area contributed by atoms with Gasteiger partial charge in [-0.05, 0) is 0 Å². The van der Waals surface area contributed by atoms with Gasteiger partial charge in [0, 0.05) is 0 Å². The smallest absolute Gasteiger partial charge is 0.0776 e. The fourth-order valence-electron chi connectivity index (χ4n) is 0. The zero-order chi connectivity index (χ0) is 2.00. The molecular formula is C2H10S2. The van der Waals surface area contributed by atoms with Gasteiger partial charge < -0.3 is 0 Å². The monoisotopic (exact) mass is 98.0 g/mol. The van der Waals surface area contributed by atoms with Crippen LogP contribution in [0.2, 0.25) is 0 Å². The molecule has 0 spiro atoms. The van der Waals surface area contributed by atoms with Gasteiger partial charge in [-0.2, -0.15) is 0 Å². The Morgan fingerprint density at radius 3 is 0.750 bits per heavy atom. The summed E-state index contributed by atoms with van der Waals surface area (Å²) in [5, 5.41) is 0. The van der Waals surface area contributed by atoms with E-state index < -0.39 is 0 Å². The molecule has 0 aliphatic carbocycles. The van der Waals surface area contributed by atoms with Gasteiger partial charge in [-0.3, -0.25) is 0 Å². The second-order valence-electron chi connectivity index (χ2n) is 0. The Balaban J connectivity index is -0.00000000500. The molecule has 0 atom stereocenters. The minimum atomic E-state index is 0. The summed E-state index contributed by atoms with van der Waals surface area (Å²) in [5.74, 6) is 0. The summed E-state index contributed by atoms with van der Waals surface area (Å²) in [6, 6.07) is 0. The van der Waals surface area contributed by atoms with Gasteiger partial charge in [0.25, 0.3) is 0 Å². The highest BCUT2D eigenvalue weighted by Gasteiger charge is 0.885. The van der Waals surface area contributed by atoms with E-state index >= 15 is 0 Å². The van der Waals surface area contributed by atoms with Crippen molar-refractivity contribution >= 4 is 23.3 Å². The van der Waals surface area contributed by atoms with E-state index in [4.69, 9.17) is 0 Å². The predicted molar refractivity (Wildman–Crippen MR) is 31.4 cm³/mol. The molecule has 0 amide bonds.